The Balaban J connectivity index is 1.58. The first-order chi connectivity index (χ1) is 16.2. The van der Waals surface area contributed by atoms with Crippen molar-refractivity contribution in [1.29, 1.82) is 0 Å². The molecule has 2 saturated heterocycles. The number of carbonyl (C=O) groups is 1. The molecule has 4 rings (SSSR count). The zero-order chi connectivity index (χ0) is 24.5. The number of hydrogen-bond donors (Lipinski definition) is 0. The predicted octanol–water partition coefficient (Wildman–Crippen LogP) is 4.49. The van der Waals surface area contributed by atoms with Gasteiger partial charge in [0, 0.05) is 26.2 Å². The maximum atomic E-state index is 13.7. The molecule has 0 saturated carbocycles. The number of benzene rings is 1. The van der Waals surface area contributed by atoms with Gasteiger partial charge in [-0.25, -0.2) is 8.42 Å². The van der Waals surface area contributed by atoms with Crippen LogP contribution in [0.25, 0.3) is 12.2 Å². The number of amides is 1. The van der Waals surface area contributed by atoms with E-state index < -0.39 is 10.0 Å². The van der Waals surface area contributed by atoms with Crippen LogP contribution in [0.4, 0.5) is 0 Å². The maximum absolute atomic E-state index is 13.7. The summed E-state index contributed by atoms with van der Waals surface area (Å²) in [4.78, 5) is 15.1. The van der Waals surface area contributed by atoms with E-state index in [2.05, 4.69) is 24.2 Å². The molecule has 1 aromatic heterocycles. The molecule has 0 unspecified atom stereocenters. The van der Waals surface area contributed by atoms with Gasteiger partial charge in [-0.15, -0.1) is 0 Å². The highest BCUT2D eigenvalue weighted by molar-refractivity contribution is 7.89. The summed E-state index contributed by atoms with van der Waals surface area (Å²) in [5.41, 5.74) is 4.79. The normalized spacial score (nSPS) is 20.2. The van der Waals surface area contributed by atoms with E-state index in [9.17, 15) is 13.2 Å². The molecule has 2 aliphatic heterocycles. The lowest BCUT2D eigenvalue weighted by Crippen LogP contribution is -2.48. The van der Waals surface area contributed by atoms with Crippen LogP contribution in [0.5, 0.6) is 0 Å². The van der Waals surface area contributed by atoms with Crippen LogP contribution < -0.4 is 0 Å². The van der Waals surface area contributed by atoms with E-state index in [0.717, 1.165) is 55.5 Å². The summed E-state index contributed by atoms with van der Waals surface area (Å²) >= 11 is 0. The van der Waals surface area contributed by atoms with Gasteiger partial charge in [-0.05, 0) is 82.6 Å². The third-order valence-corrected chi connectivity index (χ3v) is 9.00. The maximum Gasteiger partial charge on any atom is 0.248 e. The number of nitrogens with zero attached hydrogens (tertiary/aromatic N) is 3. The lowest BCUT2D eigenvalue weighted by atomic mass is 9.97. The number of aryl methyl sites for hydroxylation is 4. The number of sulfonamides is 1. The first-order valence-corrected chi connectivity index (χ1v) is 13.6. The molecule has 0 bridgehead atoms. The lowest BCUT2D eigenvalue weighted by molar-refractivity contribution is -0.137. The second kappa shape index (κ2) is 10.0. The molecule has 34 heavy (non-hydrogen) atoms. The predicted molar refractivity (Wildman–Crippen MR) is 133 cm³/mol. The smallest absolute Gasteiger partial charge is 0.248 e. The third-order valence-electron chi connectivity index (χ3n) is 6.97. The molecule has 184 valence electrons. The molecular formula is C26H35N3O4S. The summed E-state index contributed by atoms with van der Waals surface area (Å²) in [6.07, 6.45) is 8.18. The molecular weight excluding hydrogens is 450 g/mol. The SMILES string of the molecule is Cc1cc(C)c(/C=C/c2onc(C)c2S(=O)(=O)N2CCC[C@@H](C(=O)N3CCCCC3)C2)c(C)c1. The second-order valence-electron chi connectivity index (χ2n) is 9.70. The van der Waals surface area contributed by atoms with E-state index in [1.807, 2.05) is 24.8 Å². The second-order valence-corrected chi connectivity index (χ2v) is 11.6. The summed E-state index contributed by atoms with van der Waals surface area (Å²) in [7, 11) is -3.85. The summed E-state index contributed by atoms with van der Waals surface area (Å²) < 4.78 is 34.3. The zero-order valence-electron chi connectivity index (χ0n) is 20.6. The molecule has 0 radical (unpaired) electrons. The minimum atomic E-state index is -3.85. The molecule has 3 heterocycles. The van der Waals surface area contributed by atoms with Crippen LogP contribution in [0.15, 0.2) is 21.6 Å². The van der Waals surface area contributed by atoms with Gasteiger partial charge in [0.05, 0.1) is 5.92 Å². The van der Waals surface area contributed by atoms with Gasteiger partial charge in [0.2, 0.25) is 15.9 Å². The Morgan fingerprint density at radius 3 is 2.35 bits per heavy atom. The molecule has 2 fully saturated rings. The molecule has 1 atom stereocenters. The summed E-state index contributed by atoms with van der Waals surface area (Å²) in [5.74, 6) is 0.0204. The van der Waals surface area contributed by atoms with E-state index in [-0.39, 0.29) is 29.0 Å². The van der Waals surface area contributed by atoms with Crippen LogP contribution in [0.1, 0.15) is 65.8 Å². The van der Waals surface area contributed by atoms with Crippen molar-refractivity contribution >= 4 is 28.1 Å². The third kappa shape index (κ3) is 4.98. The monoisotopic (exact) mass is 485 g/mol. The van der Waals surface area contributed by atoms with Gasteiger partial charge in [-0.1, -0.05) is 28.9 Å². The topological polar surface area (TPSA) is 83.7 Å². The van der Waals surface area contributed by atoms with Crippen molar-refractivity contribution in [2.24, 2.45) is 5.92 Å². The Labute approximate surface area is 202 Å². The Kier molecular flexibility index (Phi) is 7.28. The van der Waals surface area contributed by atoms with Crippen molar-refractivity contribution in [1.82, 2.24) is 14.4 Å². The fourth-order valence-corrected chi connectivity index (χ4v) is 7.05. The highest BCUT2D eigenvalue weighted by Crippen LogP contribution is 2.30. The van der Waals surface area contributed by atoms with Gasteiger partial charge >= 0.3 is 0 Å². The number of aromatic nitrogens is 1. The van der Waals surface area contributed by atoms with E-state index >= 15 is 0 Å². The van der Waals surface area contributed by atoms with Gasteiger partial charge in [0.15, 0.2) is 10.7 Å². The first-order valence-electron chi connectivity index (χ1n) is 12.2. The molecule has 0 N–H and O–H groups in total. The van der Waals surface area contributed by atoms with Crippen molar-refractivity contribution in [2.45, 2.75) is 64.7 Å². The van der Waals surface area contributed by atoms with Crippen LogP contribution in [0, 0.1) is 33.6 Å². The Morgan fingerprint density at radius 1 is 1.00 bits per heavy atom. The fourth-order valence-electron chi connectivity index (χ4n) is 5.28. The van der Waals surface area contributed by atoms with E-state index in [1.165, 1.54) is 9.87 Å². The minimum Gasteiger partial charge on any atom is -0.355 e. The number of carbonyl (C=O) groups excluding carboxylic acids is 1. The van der Waals surface area contributed by atoms with Gasteiger partial charge in [-0.3, -0.25) is 4.79 Å². The van der Waals surface area contributed by atoms with Crippen LogP contribution in [0.3, 0.4) is 0 Å². The number of piperidine rings is 2. The summed E-state index contributed by atoms with van der Waals surface area (Å²) in [6.45, 7) is 9.94. The fraction of sp³-hybridized carbons (Fsp3) is 0.538. The largest absolute Gasteiger partial charge is 0.355 e. The average Bonchev–Trinajstić information content (AvgIpc) is 3.19. The number of likely N-dealkylation sites (tertiary alicyclic amines) is 1. The molecule has 2 aromatic rings. The minimum absolute atomic E-state index is 0.0899. The summed E-state index contributed by atoms with van der Waals surface area (Å²) in [5, 5.41) is 3.97. The molecule has 0 spiro atoms. The Morgan fingerprint density at radius 2 is 1.68 bits per heavy atom. The quantitative estimate of drug-likeness (QED) is 0.623. The van der Waals surface area contributed by atoms with Crippen LogP contribution in [-0.2, 0) is 14.8 Å². The molecule has 7 nitrogen and oxygen atoms in total. The molecule has 8 heteroatoms. The van der Waals surface area contributed by atoms with Crippen LogP contribution >= 0.6 is 0 Å². The van der Waals surface area contributed by atoms with Crippen molar-refractivity contribution in [3.63, 3.8) is 0 Å². The van der Waals surface area contributed by atoms with Gasteiger partial charge in [-0.2, -0.15) is 4.31 Å². The number of rotatable bonds is 5. The molecule has 1 aromatic carbocycles. The summed E-state index contributed by atoms with van der Waals surface area (Å²) in [6, 6.07) is 4.20. The molecule has 0 aliphatic carbocycles. The van der Waals surface area contributed by atoms with Crippen molar-refractivity contribution in [3.05, 3.63) is 45.8 Å². The van der Waals surface area contributed by atoms with Crippen molar-refractivity contribution in [2.75, 3.05) is 26.2 Å². The average molecular weight is 486 g/mol. The van der Waals surface area contributed by atoms with E-state index in [1.54, 1.807) is 13.0 Å². The van der Waals surface area contributed by atoms with Crippen LogP contribution in [0.2, 0.25) is 0 Å². The molecule has 1 amide bonds. The Hall–Kier alpha value is -2.45. The van der Waals surface area contributed by atoms with E-state index in [4.69, 9.17) is 4.52 Å². The van der Waals surface area contributed by atoms with Crippen molar-refractivity contribution in [3.8, 4) is 0 Å². The number of hydrogen-bond acceptors (Lipinski definition) is 5. The van der Waals surface area contributed by atoms with E-state index in [0.29, 0.717) is 18.7 Å². The lowest BCUT2D eigenvalue weighted by Gasteiger charge is -2.35. The highest BCUT2D eigenvalue weighted by atomic mass is 32.2. The standard InChI is InChI=1S/C26H35N3O4S/c1-18-15-19(2)23(20(3)16-18)10-11-24-25(21(4)27-33-24)34(31,32)29-14-8-9-22(17-29)26(30)28-12-6-5-7-13-28/h10-11,15-16,22H,5-9,12-14,17H2,1-4H3/b11-10+/t22-/m1/s1. The van der Waals surface area contributed by atoms with Crippen LogP contribution in [-0.4, -0.2) is 54.9 Å². The first kappa shape index (κ1) is 24.7. The highest BCUT2D eigenvalue weighted by Gasteiger charge is 2.38. The molecule has 2 aliphatic rings. The van der Waals surface area contributed by atoms with Gasteiger partial charge < -0.3 is 9.42 Å². The van der Waals surface area contributed by atoms with Gasteiger partial charge in [0.1, 0.15) is 5.69 Å². The Bertz CT molecular complexity index is 1170. The van der Waals surface area contributed by atoms with Gasteiger partial charge in [0.25, 0.3) is 0 Å². The van der Waals surface area contributed by atoms with Crippen molar-refractivity contribution < 1.29 is 17.7 Å². The zero-order valence-corrected chi connectivity index (χ0v) is 21.5.